The SMILES string of the molecule is O=C(CC(=O)c1ccccc1Cl)c1ccncc1. The Kier molecular flexibility index (Phi) is 3.85. The Bertz CT molecular complexity index is 581. The number of halogens is 1. The summed E-state index contributed by atoms with van der Waals surface area (Å²) in [7, 11) is 0. The maximum absolute atomic E-state index is 11.9. The highest BCUT2D eigenvalue weighted by atomic mass is 35.5. The maximum Gasteiger partial charge on any atom is 0.172 e. The van der Waals surface area contributed by atoms with Gasteiger partial charge in [-0.1, -0.05) is 23.7 Å². The molecule has 0 aliphatic carbocycles. The van der Waals surface area contributed by atoms with E-state index in [2.05, 4.69) is 4.98 Å². The van der Waals surface area contributed by atoms with Crippen molar-refractivity contribution in [2.24, 2.45) is 0 Å². The van der Waals surface area contributed by atoms with E-state index in [1.165, 1.54) is 12.4 Å². The number of carbonyl (C=O) groups excluding carboxylic acids is 2. The van der Waals surface area contributed by atoms with Crippen molar-refractivity contribution in [3.05, 3.63) is 64.9 Å². The summed E-state index contributed by atoms with van der Waals surface area (Å²) in [6.45, 7) is 0. The Labute approximate surface area is 109 Å². The van der Waals surface area contributed by atoms with Gasteiger partial charge in [0.1, 0.15) is 0 Å². The second kappa shape index (κ2) is 5.56. The fraction of sp³-hybridized carbons (Fsp3) is 0.0714. The topological polar surface area (TPSA) is 47.0 Å². The van der Waals surface area contributed by atoms with Crippen LogP contribution in [0.5, 0.6) is 0 Å². The molecule has 1 aromatic heterocycles. The van der Waals surface area contributed by atoms with Crippen molar-refractivity contribution in [3.63, 3.8) is 0 Å². The summed E-state index contributed by atoms with van der Waals surface area (Å²) in [4.78, 5) is 27.6. The first kappa shape index (κ1) is 12.5. The number of pyridine rings is 1. The third kappa shape index (κ3) is 2.81. The summed E-state index contributed by atoms with van der Waals surface area (Å²) < 4.78 is 0. The molecule has 0 saturated carbocycles. The van der Waals surface area contributed by atoms with Gasteiger partial charge in [0.15, 0.2) is 11.6 Å². The van der Waals surface area contributed by atoms with E-state index in [0.717, 1.165) is 0 Å². The number of carbonyl (C=O) groups is 2. The molecule has 0 amide bonds. The normalized spacial score (nSPS) is 10.1. The van der Waals surface area contributed by atoms with Crippen LogP contribution in [0.4, 0.5) is 0 Å². The number of benzene rings is 1. The number of hydrogen-bond donors (Lipinski definition) is 0. The number of Topliss-reactive ketones (excluding diaryl/α,β-unsaturated/α-hetero) is 2. The van der Waals surface area contributed by atoms with E-state index in [4.69, 9.17) is 11.6 Å². The lowest BCUT2D eigenvalue weighted by Gasteiger charge is -2.02. The van der Waals surface area contributed by atoms with Crippen molar-refractivity contribution in [3.8, 4) is 0 Å². The van der Waals surface area contributed by atoms with Crippen LogP contribution < -0.4 is 0 Å². The van der Waals surface area contributed by atoms with Crippen LogP contribution in [0.15, 0.2) is 48.8 Å². The number of rotatable bonds is 4. The molecule has 4 heteroatoms. The molecule has 18 heavy (non-hydrogen) atoms. The predicted molar refractivity (Wildman–Crippen MR) is 69.0 cm³/mol. The lowest BCUT2D eigenvalue weighted by Crippen LogP contribution is -2.09. The summed E-state index contributed by atoms with van der Waals surface area (Å²) in [5, 5.41) is 0.366. The Morgan fingerprint density at radius 3 is 2.33 bits per heavy atom. The van der Waals surface area contributed by atoms with Crippen molar-refractivity contribution in [2.45, 2.75) is 6.42 Å². The summed E-state index contributed by atoms with van der Waals surface area (Å²) in [6.07, 6.45) is 2.86. The number of aromatic nitrogens is 1. The molecule has 0 bridgehead atoms. The second-order valence-corrected chi connectivity index (χ2v) is 4.15. The molecule has 90 valence electrons. The average molecular weight is 260 g/mol. The van der Waals surface area contributed by atoms with Crippen LogP contribution in [0.2, 0.25) is 5.02 Å². The van der Waals surface area contributed by atoms with E-state index < -0.39 is 0 Å². The van der Waals surface area contributed by atoms with Crippen molar-refractivity contribution in [1.82, 2.24) is 4.98 Å². The van der Waals surface area contributed by atoms with Gasteiger partial charge in [-0.25, -0.2) is 0 Å². The van der Waals surface area contributed by atoms with E-state index in [9.17, 15) is 9.59 Å². The zero-order valence-electron chi connectivity index (χ0n) is 9.47. The maximum atomic E-state index is 11.9. The average Bonchev–Trinajstić information content (AvgIpc) is 2.40. The Hall–Kier alpha value is -2.00. The van der Waals surface area contributed by atoms with E-state index in [-0.39, 0.29) is 18.0 Å². The van der Waals surface area contributed by atoms with Crippen molar-refractivity contribution >= 4 is 23.2 Å². The highest BCUT2D eigenvalue weighted by Crippen LogP contribution is 2.17. The molecule has 1 aromatic carbocycles. The van der Waals surface area contributed by atoms with Crippen LogP contribution in [0, 0.1) is 0 Å². The highest BCUT2D eigenvalue weighted by Gasteiger charge is 2.15. The van der Waals surface area contributed by atoms with Gasteiger partial charge in [-0.2, -0.15) is 0 Å². The lowest BCUT2D eigenvalue weighted by atomic mass is 10.0. The molecule has 0 fully saturated rings. The molecule has 2 aromatic rings. The van der Waals surface area contributed by atoms with Gasteiger partial charge in [-0.15, -0.1) is 0 Å². The van der Waals surface area contributed by atoms with Gasteiger partial charge in [0, 0.05) is 23.5 Å². The minimum Gasteiger partial charge on any atom is -0.294 e. The van der Waals surface area contributed by atoms with Crippen molar-refractivity contribution in [1.29, 1.82) is 0 Å². The minimum atomic E-state index is -0.276. The van der Waals surface area contributed by atoms with Gasteiger partial charge in [0.25, 0.3) is 0 Å². The van der Waals surface area contributed by atoms with Crippen LogP contribution >= 0.6 is 11.6 Å². The predicted octanol–water partition coefficient (Wildman–Crippen LogP) is 3.19. The van der Waals surface area contributed by atoms with Crippen molar-refractivity contribution in [2.75, 3.05) is 0 Å². The quantitative estimate of drug-likeness (QED) is 0.626. The van der Waals surface area contributed by atoms with Gasteiger partial charge < -0.3 is 0 Å². The Morgan fingerprint density at radius 2 is 1.67 bits per heavy atom. The fourth-order valence-corrected chi connectivity index (χ4v) is 1.81. The van der Waals surface area contributed by atoms with Gasteiger partial charge in [-0.3, -0.25) is 14.6 Å². The number of hydrogen-bond acceptors (Lipinski definition) is 3. The zero-order chi connectivity index (χ0) is 13.0. The number of nitrogens with zero attached hydrogens (tertiary/aromatic N) is 1. The number of ketones is 2. The third-order valence-corrected chi connectivity index (χ3v) is 2.83. The smallest absolute Gasteiger partial charge is 0.172 e. The van der Waals surface area contributed by atoms with E-state index in [1.54, 1.807) is 36.4 Å². The van der Waals surface area contributed by atoms with Crippen molar-refractivity contribution < 1.29 is 9.59 Å². The summed E-state index contributed by atoms with van der Waals surface area (Å²) >= 11 is 5.91. The largest absolute Gasteiger partial charge is 0.294 e. The van der Waals surface area contributed by atoms with Crippen LogP contribution in [-0.2, 0) is 0 Å². The zero-order valence-corrected chi connectivity index (χ0v) is 10.2. The first-order chi connectivity index (χ1) is 8.68. The standard InChI is InChI=1S/C14H10ClNO2/c15-12-4-2-1-3-11(12)14(18)9-13(17)10-5-7-16-8-6-10/h1-8H,9H2. The molecule has 0 aliphatic heterocycles. The first-order valence-corrected chi connectivity index (χ1v) is 5.77. The fourth-order valence-electron chi connectivity index (χ4n) is 1.57. The van der Waals surface area contributed by atoms with Crippen LogP contribution in [0.3, 0.4) is 0 Å². The minimum absolute atomic E-state index is 0.187. The molecule has 2 rings (SSSR count). The second-order valence-electron chi connectivity index (χ2n) is 3.74. The van der Waals surface area contributed by atoms with Crippen LogP contribution in [0.25, 0.3) is 0 Å². The molecule has 0 aliphatic rings. The first-order valence-electron chi connectivity index (χ1n) is 5.39. The van der Waals surface area contributed by atoms with E-state index >= 15 is 0 Å². The van der Waals surface area contributed by atoms with Crippen LogP contribution in [0.1, 0.15) is 27.1 Å². The molecule has 0 N–H and O–H groups in total. The summed E-state index contributed by atoms with van der Waals surface area (Å²) in [5.41, 5.74) is 0.854. The van der Waals surface area contributed by atoms with Gasteiger partial charge >= 0.3 is 0 Å². The highest BCUT2D eigenvalue weighted by molar-refractivity contribution is 6.34. The molecule has 1 heterocycles. The molecule has 0 radical (unpaired) electrons. The van der Waals surface area contributed by atoms with Gasteiger partial charge in [0.2, 0.25) is 0 Å². The molecule has 0 unspecified atom stereocenters. The van der Waals surface area contributed by atoms with Gasteiger partial charge in [-0.05, 0) is 24.3 Å². The monoisotopic (exact) mass is 259 g/mol. The molecule has 0 atom stereocenters. The van der Waals surface area contributed by atoms with Crippen LogP contribution in [-0.4, -0.2) is 16.6 Å². The lowest BCUT2D eigenvalue weighted by molar-refractivity contribution is 0.0894. The summed E-state index contributed by atoms with van der Waals surface area (Å²) in [5.74, 6) is -0.510. The molecule has 0 spiro atoms. The molecule has 3 nitrogen and oxygen atoms in total. The van der Waals surface area contributed by atoms with E-state index in [1.807, 2.05) is 0 Å². The Morgan fingerprint density at radius 1 is 1.00 bits per heavy atom. The summed E-state index contributed by atoms with van der Waals surface area (Å²) in [6, 6.07) is 9.88. The molecular formula is C14H10ClNO2. The Balaban J connectivity index is 2.14. The third-order valence-electron chi connectivity index (χ3n) is 2.50. The van der Waals surface area contributed by atoms with E-state index in [0.29, 0.717) is 16.1 Å². The van der Waals surface area contributed by atoms with Gasteiger partial charge in [0.05, 0.1) is 11.4 Å². The molecular weight excluding hydrogens is 250 g/mol. The molecule has 0 saturated heterocycles.